The van der Waals surface area contributed by atoms with E-state index >= 15 is 0 Å². The number of nitrogens with two attached hydrogens (primary N) is 1. The molecule has 0 fully saturated rings. The number of halogens is 2. The number of carbonyl (C=O) groups is 1. The largest absolute Gasteiger partial charge is 0.368 e. The second kappa shape index (κ2) is 4.94. The van der Waals surface area contributed by atoms with Crippen LogP contribution in [0.15, 0.2) is 18.2 Å². The lowest BCUT2D eigenvalue weighted by atomic mass is 10.2. The molecular weight excluding hydrogens is 257 g/mol. The Morgan fingerprint density at radius 2 is 2.33 bits per heavy atom. The van der Waals surface area contributed by atoms with E-state index in [2.05, 4.69) is 4.98 Å². The minimum absolute atomic E-state index is 0.365. The molecule has 0 bridgehead atoms. The monoisotopic (exact) mass is 269 g/mol. The molecule has 2 rings (SSSR count). The number of alkyl halides is 1. The predicted molar refractivity (Wildman–Crippen MR) is 68.0 cm³/mol. The standard InChI is InChI=1S/C12H13ClFN3O/c1-7(12(15)18)17-10-3-2-8(14)6-9(10)16-11(17)4-5-13/h2-3,6-7H,4-5H2,1H3,(H2,15,18). The van der Waals surface area contributed by atoms with Crippen LogP contribution in [0.2, 0.25) is 0 Å². The number of nitrogens with zero attached hydrogens (tertiary/aromatic N) is 2. The summed E-state index contributed by atoms with van der Waals surface area (Å²) in [7, 11) is 0. The highest BCUT2D eigenvalue weighted by Crippen LogP contribution is 2.22. The van der Waals surface area contributed by atoms with Crippen LogP contribution in [0, 0.1) is 5.82 Å². The van der Waals surface area contributed by atoms with Crippen molar-refractivity contribution in [1.82, 2.24) is 9.55 Å². The van der Waals surface area contributed by atoms with Gasteiger partial charge in [0, 0.05) is 18.4 Å². The predicted octanol–water partition coefficient (Wildman–Crippen LogP) is 2.00. The Bertz CT molecular complexity index is 596. The number of carbonyl (C=O) groups excluding carboxylic acids is 1. The first-order valence-electron chi connectivity index (χ1n) is 5.56. The number of primary amides is 1. The van der Waals surface area contributed by atoms with Crippen molar-refractivity contribution in [3.05, 3.63) is 29.8 Å². The second-order valence-electron chi connectivity index (χ2n) is 4.05. The van der Waals surface area contributed by atoms with Crippen LogP contribution in [0.1, 0.15) is 18.8 Å². The molecule has 0 spiro atoms. The third-order valence-electron chi connectivity index (χ3n) is 2.84. The first kappa shape index (κ1) is 12.8. The summed E-state index contributed by atoms with van der Waals surface area (Å²) in [5.74, 6) is 0.180. The van der Waals surface area contributed by atoms with Crippen molar-refractivity contribution in [2.75, 3.05) is 5.88 Å². The van der Waals surface area contributed by atoms with Gasteiger partial charge in [0.15, 0.2) is 0 Å². The Hall–Kier alpha value is -1.62. The number of aromatic nitrogens is 2. The molecule has 0 saturated carbocycles. The van der Waals surface area contributed by atoms with Crippen LogP contribution < -0.4 is 5.73 Å². The Kier molecular flexibility index (Phi) is 3.52. The van der Waals surface area contributed by atoms with Crippen LogP contribution in [0.4, 0.5) is 4.39 Å². The van der Waals surface area contributed by atoms with E-state index in [0.29, 0.717) is 29.2 Å². The maximum absolute atomic E-state index is 13.2. The first-order valence-corrected chi connectivity index (χ1v) is 6.09. The topological polar surface area (TPSA) is 60.9 Å². The van der Waals surface area contributed by atoms with Gasteiger partial charge < -0.3 is 10.3 Å². The summed E-state index contributed by atoms with van der Waals surface area (Å²) in [6, 6.07) is 3.71. The highest BCUT2D eigenvalue weighted by Gasteiger charge is 2.19. The molecule has 6 heteroatoms. The fraction of sp³-hybridized carbons (Fsp3) is 0.333. The number of amides is 1. The zero-order valence-corrected chi connectivity index (χ0v) is 10.6. The molecule has 0 saturated heterocycles. The van der Waals surface area contributed by atoms with Gasteiger partial charge in [-0.05, 0) is 19.1 Å². The summed E-state index contributed by atoms with van der Waals surface area (Å²) in [4.78, 5) is 15.6. The smallest absolute Gasteiger partial charge is 0.240 e. The van der Waals surface area contributed by atoms with Gasteiger partial charge in [-0.2, -0.15) is 0 Å². The van der Waals surface area contributed by atoms with Crippen molar-refractivity contribution in [1.29, 1.82) is 0 Å². The van der Waals surface area contributed by atoms with Gasteiger partial charge >= 0.3 is 0 Å². The van der Waals surface area contributed by atoms with Crippen molar-refractivity contribution in [2.45, 2.75) is 19.4 Å². The number of aryl methyl sites for hydroxylation is 1. The molecule has 1 amide bonds. The van der Waals surface area contributed by atoms with Gasteiger partial charge in [-0.25, -0.2) is 9.37 Å². The molecule has 4 nitrogen and oxygen atoms in total. The molecular formula is C12H13ClFN3O. The van der Waals surface area contributed by atoms with E-state index in [4.69, 9.17) is 17.3 Å². The van der Waals surface area contributed by atoms with Crippen LogP contribution in [-0.4, -0.2) is 21.3 Å². The van der Waals surface area contributed by atoms with E-state index in [-0.39, 0.29) is 5.82 Å². The Labute approximate surface area is 109 Å². The normalized spacial score (nSPS) is 12.8. The Balaban J connectivity index is 2.66. The fourth-order valence-electron chi connectivity index (χ4n) is 1.94. The number of imidazole rings is 1. The molecule has 1 unspecified atom stereocenters. The molecule has 1 atom stereocenters. The zero-order valence-electron chi connectivity index (χ0n) is 9.86. The first-order chi connectivity index (χ1) is 8.54. The summed E-state index contributed by atoms with van der Waals surface area (Å²) in [6.07, 6.45) is 0.496. The number of fused-ring (bicyclic) bond motifs is 1. The van der Waals surface area contributed by atoms with Crippen LogP contribution in [0.5, 0.6) is 0 Å². The van der Waals surface area contributed by atoms with Gasteiger partial charge in [-0.15, -0.1) is 11.6 Å². The molecule has 2 aromatic rings. The Morgan fingerprint density at radius 3 is 2.94 bits per heavy atom. The van der Waals surface area contributed by atoms with E-state index in [1.165, 1.54) is 12.1 Å². The summed E-state index contributed by atoms with van der Waals surface area (Å²) in [6.45, 7) is 1.69. The molecule has 18 heavy (non-hydrogen) atoms. The molecule has 0 radical (unpaired) electrons. The van der Waals surface area contributed by atoms with Gasteiger partial charge in [-0.1, -0.05) is 0 Å². The van der Waals surface area contributed by atoms with E-state index in [1.807, 2.05) is 0 Å². The minimum atomic E-state index is -0.543. The molecule has 2 N–H and O–H groups in total. The molecule has 0 aliphatic heterocycles. The number of hydrogen-bond acceptors (Lipinski definition) is 2. The molecule has 96 valence electrons. The van der Waals surface area contributed by atoms with E-state index in [9.17, 15) is 9.18 Å². The lowest BCUT2D eigenvalue weighted by Crippen LogP contribution is -2.25. The molecule has 0 aliphatic carbocycles. The van der Waals surface area contributed by atoms with E-state index in [1.54, 1.807) is 17.6 Å². The molecule has 0 aliphatic rings. The average molecular weight is 270 g/mol. The van der Waals surface area contributed by atoms with Crippen LogP contribution in [0.3, 0.4) is 0 Å². The number of benzene rings is 1. The SMILES string of the molecule is CC(C(N)=O)n1c(CCCl)nc2cc(F)ccc21. The fourth-order valence-corrected chi connectivity index (χ4v) is 2.11. The van der Waals surface area contributed by atoms with Gasteiger partial charge in [0.2, 0.25) is 5.91 Å². The highest BCUT2D eigenvalue weighted by molar-refractivity contribution is 6.17. The third-order valence-corrected chi connectivity index (χ3v) is 3.03. The van der Waals surface area contributed by atoms with E-state index in [0.717, 1.165) is 0 Å². The van der Waals surface area contributed by atoms with Gasteiger partial charge in [-0.3, -0.25) is 4.79 Å². The minimum Gasteiger partial charge on any atom is -0.368 e. The summed E-state index contributed by atoms with van der Waals surface area (Å²) in [5.41, 5.74) is 6.50. The van der Waals surface area contributed by atoms with Crippen molar-refractivity contribution in [2.24, 2.45) is 5.73 Å². The second-order valence-corrected chi connectivity index (χ2v) is 4.43. The van der Waals surface area contributed by atoms with Crippen LogP contribution >= 0.6 is 11.6 Å². The quantitative estimate of drug-likeness (QED) is 0.863. The summed E-state index contributed by atoms with van der Waals surface area (Å²) >= 11 is 5.71. The summed E-state index contributed by atoms with van der Waals surface area (Å²) < 4.78 is 14.9. The lowest BCUT2D eigenvalue weighted by Gasteiger charge is -2.13. The third kappa shape index (κ3) is 2.18. The number of hydrogen-bond donors (Lipinski definition) is 1. The van der Waals surface area contributed by atoms with Gasteiger partial charge in [0.1, 0.15) is 17.7 Å². The maximum atomic E-state index is 13.2. The van der Waals surface area contributed by atoms with Gasteiger partial charge in [0.25, 0.3) is 0 Å². The number of rotatable bonds is 4. The van der Waals surface area contributed by atoms with Crippen LogP contribution in [-0.2, 0) is 11.2 Å². The zero-order chi connectivity index (χ0) is 13.3. The lowest BCUT2D eigenvalue weighted by molar-refractivity contribution is -0.120. The van der Waals surface area contributed by atoms with E-state index < -0.39 is 11.9 Å². The van der Waals surface area contributed by atoms with Crippen molar-refractivity contribution >= 4 is 28.5 Å². The molecule has 1 heterocycles. The highest BCUT2D eigenvalue weighted by atomic mass is 35.5. The maximum Gasteiger partial charge on any atom is 0.240 e. The molecule has 1 aromatic heterocycles. The molecule has 1 aromatic carbocycles. The van der Waals surface area contributed by atoms with Crippen molar-refractivity contribution in [3.8, 4) is 0 Å². The van der Waals surface area contributed by atoms with Crippen molar-refractivity contribution < 1.29 is 9.18 Å². The van der Waals surface area contributed by atoms with Gasteiger partial charge in [0.05, 0.1) is 11.0 Å². The van der Waals surface area contributed by atoms with Crippen LogP contribution in [0.25, 0.3) is 11.0 Å². The Morgan fingerprint density at radius 1 is 1.61 bits per heavy atom. The summed E-state index contributed by atoms with van der Waals surface area (Å²) in [5, 5.41) is 0. The van der Waals surface area contributed by atoms with Crippen molar-refractivity contribution in [3.63, 3.8) is 0 Å². The average Bonchev–Trinajstić information content (AvgIpc) is 2.65.